The molecule has 7 nitrogen and oxygen atoms in total. The van der Waals surface area contributed by atoms with Crippen LogP contribution in [0.15, 0.2) is 18.7 Å². The molecule has 24 heavy (non-hydrogen) atoms. The normalized spacial score (nSPS) is 19.4. The molecule has 2 aromatic heterocycles. The summed E-state index contributed by atoms with van der Waals surface area (Å²) in [6.07, 6.45) is 9.02. The lowest BCUT2D eigenvalue weighted by molar-refractivity contribution is 0.688. The summed E-state index contributed by atoms with van der Waals surface area (Å²) < 4.78 is 0. The number of aryl methyl sites for hydroxylation is 1. The molecule has 1 aliphatic carbocycles. The topological polar surface area (TPSA) is 78.9 Å². The molecular weight excluding hydrogens is 302 g/mol. The molecule has 3 heterocycles. The van der Waals surface area contributed by atoms with Crippen LogP contribution >= 0.6 is 0 Å². The fourth-order valence-corrected chi connectivity index (χ4v) is 3.72. The average molecular weight is 325 g/mol. The number of fused-ring (bicyclic) bond motifs is 1. The van der Waals surface area contributed by atoms with Crippen molar-refractivity contribution in [3.05, 3.63) is 30.0 Å². The smallest absolute Gasteiger partial charge is 0.134 e. The summed E-state index contributed by atoms with van der Waals surface area (Å²) in [4.78, 5) is 19.9. The first-order chi connectivity index (χ1) is 11.8. The van der Waals surface area contributed by atoms with Gasteiger partial charge >= 0.3 is 0 Å². The molecule has 1 unspecified atom stereocenters. The second kappa shape index (κ2) is 6.59. The van der Waals surface area contributed by atoms with Gasteiger partial charge in [-0.1, -0.05) is 0 Å². The van der Waals surface area contributed by atoms with E-state index in [-0.39, 0.29) is 0 Å². The molecule has 0 saturated carbocycles. The van der Waals surface area contributed by atoms with Gasteiger partial charge < -0.3 is 15.5 Å². The van der Waals surface area contributed by atoms with Crippen LogP contribution < -0.4 is 15.5 Å². The van der Waals surface area contributed by atoms with Crippen molar-refractivity contribution in [3.8, 4) is 0 Å². The van der Waals surface area contributed by atoms with Crippen molar-refractivity contribution >= 4 is 17.5 Å². The summed E-state index contributed by atoms with van der Waals surface area (Å²) in [6, 6.07) is 2.44. The van der Waals surface area contributed by atoms with Crippen molar-refractivity contribution in [2.24, 2.45) is 0 Å². The molecule has 0 spiro atoms. The zero-order valence-electron chi connectivity index (χ0n) is 14.0. The van der Waals surface area contributed by atoms with E-state index in [0.29, 0.717) is 6.04 Å². The first-order valence-corrected chi connectivity index (χ1v) is 8.68. The van der Waals surface area contributed by atoms with E-state index in [4.69, 9.17) is 0 Å². The van der Waals surface area contributed by atoms with Gasteiger partial charge in [0, 0.05) is 43.5 Å². The van der Waals surface area contributed by atoms with Gasteiger partial charge in [-0.25, -0.2) is 19.9 Å². The van der Waals surface area contributed by atoms with Crippen molar-refractivity contribution in [3.63, 3.8) is 0 Å². The fraction of sp³-hybridized carbons (Fsp3) is 0.529. The number of hydrogen-bond donors (Lipinski definition) is 2. The summed E-state index contributed by atoms with van der Waals surface area (Å²) in [6.45, 7) is 1.91. The molecule has 1 saturated heterocycles. The maximum atomic E-state index is 4.46. The van der Waals surface area contributed by atoms with Gasteiger partial charge in [-0.05, 0) is 32.1 Å². The van der Waals surface area contributed by atoms with E-state index < -0.39 is 0 Å². The van der Waals surface area contributed by atoms with Gasteiger partial charge in [0.05, 0.1) is 0 Å². The monoisotopic (exact) mass is 325 g/mol. The molecule has 2 aliphatic rings. The number of hydrogen-bond acceptors (Lipinski definition) is 7. The number of rotatable bonds is 5. The molecule has 0 amide bonds. The van der Waals surface area contributed by atoms with Crippen LogP contribution in [0.2, 0.25) is 0 Å². The van der Waals surface area contributed by atoms with E-state index in [1.54, 1.807) is 12.7 Å². The lowest BCUT2D eigenvalue weighted by atomic mass is 10.2. The molecule has 4 rings (SSSR count). The van der Waals surface area contributed by atoms with E-state index >= 15 is 0 Å². The Balaban J connectivity index is 1.47. The van der Waals surface area contributed by atoms with Crippen LogP contribution in [0, 0.1) is 0 Å². The Kier molecular flexibility index (Phi) is 4.15. The third-order valence-electron chi connectivity index (χ3n) is 4.96. The predicted molar refractivity (Wildman–Crippen MR) is 94.5 cm³/mol. The molecule has 2 aromatic rings. The number of nitrogens with zero attached hydrogens (tertiary/aromatic N) is 5. The van der Waals surface area contributed by atoms with E-state index in [9.17, 15) is 0 Å². The van der Waals surface area contributed by atoms with Crippen molar-refractivity contribution < 1.29 is 0 Å². The zero-order chi connectivity index (χ0) is 16.4. The Labute approximate surface area is 141 Å². The number of nitrogens with one attached hydrogen (secondary N) is 2. The molecule has 7 heteroatoms. The molecule has 1 fully saturated rings. The van der Waals surface area contributed by atoms with Crippen LogP contribution in [0.25, 0.3) is 0 Å². The quantitative estimate of drug-likeness (QED) is 0.869. The first-order valence-electron chi connectivity index (χ1n) is 8.68. The Morgan fingerprint density at radius 1 is 1.12 bits per heavy atom. The minimum atomic E-state index is 0.427. The van der Waals surface area contributed by atoms with Gasteiger partial charge in [-0.15, -0.1) is 0 Å². The standard InChI is InChI=1S/C17H23N7/c1-18-15-8-16(22-11-21-15)24-7-3-4-12(24)9-19-17-13-5-2-6-14(13)20-10-23-17/h8,10-12H,2-7,9H2,1H3,(H,18,21,22)(H,19,20,23). The minimum absolute atomic E-state index is 0.427. The predicted octanol–water partition coefficient (Wildman–Crippen LogP) is 1.88. The van der Waals surface area contributed by atoms with Crippen LogP contribution in [0.1, 0.15) is 30.5 Å². The van der Waals surface area contributed by atoms with E-state index in [1.165, 1.54) is 30.5 Å². The minimum Gasteiger partial charge on any atom is -0.373 e. The highest BCUT2D eigenvalue weighted by atomic mass is 15.3. The molecule has 0 radical (unpaired) electrons. The second-order valence-electron chi connectivity index (χ2n) is 6.38. The lowest BCUT2D eigenvalue weighted by Gasteiger charge is -2.26. The highest BCUT2D eigenvalue weighted by Crippen LogP contribution is 2.27. The Bertz CT molecular complexity index is 718. The summed E-state index contributed by atoms with van der Waals surface area (Å²) in [5.74, 6) is 2.86. The molecule has 126 valence electrons. The SMILES string of the molecule is CNc1cc(N2CCCC2CNc2ncnc3c2CCC3)ncn1. The van der Waals surface area contributed by atoms with Crippen molar-refractivity contribution in [1.29, 1.82) is 0 Å². The average Bonchev–Trinajstić information content (AvgIpc) is 3.29. The van der Waals surface area contributed by atoms with Crippen LogP contribution in [-0.4, -0.2) is 46.1 Å². The molecule has 0 bridgehead atoms. The lowest BCUT2D eigenvalue weighted by Crippen LogP contribution is -2.35. The third kappa shape index (κ3) is 2.86. The Hall–Kier alpha value is -2.44. The Morgan fingerprint density at radius 2 is 2.04 bits per heavy atom. The van der Waals surface area contributed by atoms with Crippen LogP contribution in [0.4, 0.5) is 17.5 Å². The third-order valence-corrected chi connectivity index (χ3v) is 4.96. The summed E-state index contributed by atoms with van der Waals surface area (Å²) in [5, 5.41) is 6.64. The summed E-state index contributed by atoms with van der Waals surface area (Å²) >= 11 is 0. The van der Waals surface area contributed by atoms with Gasteiger partial charge in [-0.3, -0.25) is 0 Å². The maximum absolute atomic E-state index is 4.46. The zero-order valence-corrected chi connectivity index (χ0v) is 14.0. The van der Waals surface area contributed by atoms with Crippen LogP contribution in [-0.2, 0) is 12.8 Å². The second-order valence-corrected chi connectivity index (χ2v) is 6.38. The summed E-state index contributed by atoms with van der Waals surface area (Å²) in [7, 11) is 1.88. The number of aromatic nitrogens is 4. The van der Waals surface area contributed by atoms with Gasteiger partial charge in [0.2, 0.25) is 0 Å². The Morgan fingerprint density at radius 3 is 2.96 bits per heavy atom. The van der Waals surface area contributed by atoms with Crippen molar-refractivity contribution in [2.75, 3.05) is 35.7 Å². The number of anilines is 3. The van der Waals surface area contributed by atoms with Gasteiger partial charge in [-0.2, -0.15) is 0 Å². The highest BCUT2D eigenvalue weighted by molar-refractivity contribution is 5.51. The first kappa shape index (κ1) is 15.1. The van der Waals surface area contributed by atoms with E-state index in [0.717, 1.165) is 43.4 Å². The molecule has 0 aromatic carbocycles. The maximum Gasteiger partial charge on any atom is 0.134 e. The fourth-order valence-electron chi connectivity index (χ4n) is 3.72. The van der Waals surface area contributed by atoms with Gasteiger partial charge in [0.1, 0.15) is 30.1 Å². The van der Waals surface area contributed by atoms with Crippen molar-refractivity contribution in [1.82, 2.24) is 19.9 Å². The molecular formula is C17H23N7. The summed E-state index contributed by atoms with van der Waals surface area (Å²) in [5.41, 5.74) is 2.52. The van der Waals surface area contributed by atoms with Crippen LogP contribution in [0.3, 0.4) is 0 Å². The van der Waals surface area contributed by atoms with Gasteiger partial charge in [0.25, 0.3) is 0 Å². The van der Waals surface area contributed by atoms with E-state index in [1.807, 2.05) is 13.1 Å². The largest absolute Gasteiger partial charge is 0.373 e. The van der Waals surface area contributed by atoms with Crippen LogP contribution in [0.5, 0.6) is 0 Å². The molecule has 2 N–H and O–H groups in total. The van der Waals surface area contributed by atoms with E-state index in [2.05, 4.69) is 35.5 Å². The highest BCUT2D eigenvalue weighted by Gasteiger charge is 2.26. The van der Waals surface area contributed by atoms with Gasteiger partial charge in [0.15, 0.2) is 0 Å². The van der Waals surface area contributed by atoms with Crippen molar-refractivity contribution in [2.45, 2.75) is 38.1 Å². The molecule has 1 aliphatic heterocycles. The molecule has 1 atom stereocenters.